The molecular weight excluding hydrogens is 368 g/mol. The van der Waals surface area contributed by atoms with E-state index in [-0.39, 0.29) is 5.75 Å². The van der Waals surface area contributed by atoms with Crippen LogP contribution in [0.5, 0.6) is 0 Å². The molecule has 9 heteroatoms. The molecule has 1 aliphatic heterocycles. The number of nitrogens with zero attached hydrogens (tertiary/aromatic N) is 1. The number of fused-ring (bicyclic) bond motifs is 1. The molecule has 3 N–H and O–H groups in total. The molecule has 8 nitrogen and oxygen atoms in total. The number of H-pyrrole nitrogens is 1. The summed E-state index contributed by atoms with van der Waals surface area (Å²) in [5, 5.41) is 4.03. The number of aromatic nitrogens is 1. The molecule has 3 rings (SSSR count). The third-order valence-corrected chi connectivity index (χ3v) is 5.86. The number of piperazine rings is 1. The topological polar surface area (TPSA) is 104 Å². The lowest BCUT2D eigenvalue weighted by atomic mass is 10.2. The Balaban J connectivity index is 1.59. The van der Waals surface area contributed by atoms with Crippen molar-refractivity contribution in [2.75, 3.05) is 49.8 Å². The lowest BCUT2D eigenvalue weighted by Crippen LogP contribution is -2.44. The number of carbonyl (C=O) groups excluding carboxylic acids is 1. The van der Waals surface area contributed by atoms with Crippen LogP contribution in [0.1, 0.15) is 23.8 Å². The quantitative estimate of drug-likeness (QED) is 0.585. The van der Waals surface area contributed by atoms with Crippen LogP contribution in [0.3, 0.4) is 0 Å². The van der Waals surface area contributed by atoms with E-state index in [1.165, 1.54) is 0 Å². The molecule has 1 aliphatic rings. The maximum atomic E-state index is 12.4. The van der Waals surface area contributed by atoms with Crippen LogP contribution >= 0.6 is 0 Å². The number of hydrogen-bond donors (Lipinski definition) is 3. The Hall–Kier alpha value is -2.10. The van der Waals surface area contributed by atoms with E-state index in [0.717, 1.165) is 43.6 Å². The lowest BCUT2D eigenvalue weighted by molar-refractivity contribution is 0.0520. The van der Waals surface area contributed by atoms with Gasteiger partial charge in [-0.3, -0.25) is 4.72 Å². The summed E-state index contributed by atoms with van der Waals surface area (Å²) in [6, 6.07) is 6.80. The zero-order valence-corrected chi connectivity index (χ0v) is 16.3. The van der Waals surface area contributed by atoms with Gasteiger partial charge in [0.2, 0.25) is 10.0 Å². The van der Waals surface area contributed by atoms with Crippen LogP contribution in [0.15, 0.2) is 24.3 Å². The molecule has 0 atom stereocenters. The standard InChI is InChI=1S/C18H26N4O4S/c1-2-26-18(23)17-13-14-12-15(4-5-16(14)20-17)21-27(24,25)11-3-8-22-9-6-19-7-10-22/h4-5,12-13,19-21H,2-3,6-11H2,1H3. The van der Waals surface area contributed by atoms with Crippen molar-refractivity contribution in [2.45, 2.75) is 13.3 Å². The molecule has 0 bridgehead atoms. The fraction of sp³-hybridized carbons (Fsp3) is 0.500. The normalized spacial score (nSPS) is 15.7. The molecule has 1 aromatic heterocycles. The largest absolute Gasteiger partial charge is 0.461 e. The number of carbonyl (C=O) groups is 1. The first-order valence-electron chi connectivity index (χ1n) is 9.20. The average molecular weight is 394 g/mol. The molecule has 2 heterocycles. The number of aromatic amines is 1. The van der Waals surface area contributed by atoms with Crippen LogP contribution in [0, 0.1) is 0 Å². The summed E-state index contributed by atoms with van der Waals surface area (Å²) in [6.07, 6.45) is 0.592. The fourth-order valence-electron chi connectivity index (χ4n) is 3.16. The average Bonchev–Trinajstić information content (AvgIpc) is 3.06. The number of anilines is 1. The molecular formula is C18H26N4O4S. The number of esters is 1. The number of hydrogen-bond acceptors (Lipinski definition) is 6. The Morgan fingerprint density at radius 3 is 2.78 bits per heavy atom. The second-order valence-corrected chi connectivity index (χ2v) is 8.41. The predicted molar refractivity (Wildman–Crippen MR) is 106 cm³/mol. The van der Waals surface area contributed by atoms with E-state index in [1.807, 2.05) is 0 Å². The van der Waals surface area contributed by atoms with Gasteiger partial charge in [-0.2, -0.15) is 0 Å². The van der Waals surface area contributed by atoms with Gasteiger partial charge in [0.25, 0.3) is 0 Å². The maximum Gasteiger partial charge on any atom is 0.354 e. The van der Waals surface area contributed by atoms with Crippen LogP contribution in [-0.2, 0) is 14.8 Å². The first-order chi connectivity index (χ1) is 13.0. The summed E-state index contributed by atoms with van der Waals surface area (Å²) in [6.45, 7) is 6.65. The van der Waals surface area contributed by atoms with Gasteiger partial charge in [-0.25, -0.2) is 13.2 Å². The fourth-order valence-corrected chi connectivity index (χ4v) is 4.26. The van der Waals surface area contributed by atoms with Gasteiger partial charge in [0, 0.05) is 42.8 Å². The van der Waals surface area contributed by atoms with Crippen molar-refractivity contribution in [3.8, 4) is 0 Å². The van der Waals surface area contributed by atoms with E-state index in [2.05, 4.69) is 19.9 Å². The molecule has 148 valence electrons. The van der Waals surface area contributed by atoms with Gasteiger partial charge < -0.3 is 19.9 Å². The zero-order valence-electron chi connectivity index (χ0n) is 15.5. The summed E-state index contributed by atoms with van der Waals surface area (Å²) in [7, 11) is -3.42. The van der Waals surface area contributed by atoms with E-state index >= 15 is 0 Å². The second-order valence-electron chi connectivity index (χ2n) is 6.57. The minimum absolute atomic E-state index is 0.0795. The molecule has 0 amide bonds. The smallest absolute Gasteiger partial charge is 0.354 e. The zero-order chi connectivity index (χ0) is 19.3. The van der Waals surface area contributed by atoms with Gasteiger partial charge in [0.15, 0.2) is 0 Å². The van der Waals surface area contributed by atoms with E-state index < -0.39 is 16.0 Å². The number of sulfonamides is 1. The summed E-state index contributed by atoms with van der Waals surface area (Å²) in [4.78, 5) is 17.1. The van der Waals surface area contributed by atoms with Crippen LogP contribution < -0.4 is 10.0 Å². The minimum atomic E-state index is -3.42. The monoisotopic (exact) mass is 394 g/mol. The molecule has 1 aromatic carbocycles. The van der Waals surface area contributed by atoms with Crippen molar-refractivity contribution in [1.82, 2.24) is 15.2 Å². The molecule has 0 radical (unpaired) electrons. The van der Waals surface area contributed by atoms with Crippen molar-refractivity contribution in [2.24, 2.45) is 0 Å². The van der Waals surface area contributed by atoms with Gasteiger partial charge in [0.1, 0.15) is 5.69 Å². The highest BCUT2D eigenvalue weighted by Crippen LogP contribution is 2.21. The number of benzene rings is 1. The highest BCUT2D eigenvalue weighted by molar-refractivity contribution is 7.92. The Bertz CT molecular complexity index is 888. The van der Waals surface area contributed by atoms with E-state index in [9.17, 15) is 13.2 Å². The van der Waals surface area contributed by atoms with Gasteiger partial charge in [-0.1, -0.05) is 0 Å². The van der Waals surface area contributed by atoms with Gasteiger partial charge >= 0.3 is 5.97 Å². The van der Waals surface area contributed by atoms with Crippen LogP contribution in [0.25, 0.3) is 10.9 Å². The van der Waals surface area contributed by atoms with Gasteiger partial charge in [0.05, 0.1) is 12.4 Å². The Kier molecular flexibility index (Phi) is 6.35. The molecule has 0 spiro atoms. The van der Waals surface area contributed by atoms with Crippen molar-refractivity contribution in [3.63, 3.8) is 0 Å². The third kappa shape index (κ3) is 5.44. The molecule has 0 saturated carbocycles. The van der Waals surface area contributed by atoms with Crippen molar-refractivity contribution in [1.29, 1.82) is 0 Å². The van der Waals surface area contributed by atoms with Crippen molar-refractivity contribution < 1.29 is 17.9 Å². The molecule has 0 unspecified atom stereocenters. The Morgan fingerprint density at radius 2 is 2.04 bits per heavy atom. The molecule has 2 aromatic rings. The second kappa shape index (κ2) is 8.73. The SMILES string of the molecule is CCOC(=O)c1cc2cc(NS(=O)(=O)CCCN3CCNCC3)ccc2[nH]1. The summed E-state index contributed by atoms with van der Waals surface area (Å²) < 4.78 is 32.3. The third-order valence-electron chi connectivity index (χ3n) is 4.49. The summed E-state index contributed by atoms with van der Waals surface area (Å²) in [5.41, 5.74) is 1.58. The number of ether oxygens (including phenoxy) is 1. The molecule has 1 saturated heterocycles. The maximum absolute atomic E-state index is 12.4. The minimum Gasteiger partial charge on any atom is -0.461 e. The lowest BCUT2D eigenvalue weighted by Gasteiger charge is -2.26. The molecule has 27 heavy (non-hydrogen) atoms. The summed E-state index contributed by atoms with van der Waals surface area (Å²) in [5.74, 6) is -0.348. The molecule has 0 aliphatic carbocycles. The summed E-state index contributed by atoms with van der Waals surface area (Å²) >= 11 is 0. The first kappa shape index (κ1) is 19.7. The Morgan fingerprint density at radius 1 is 1.26 bits per heavy atom. The van der Waals surface area contributed by atoms with Gasteiger partial charge in [-0.15, -0.1) is 0 Å². The Labute approximate surface area is 159 Å². The predicted octanol–water partition coefficient (Wildman–Crippen LogP) is 1.38. The highest BCUT2D eigenvalue weighted by atomic mass is 32.2. The van der Waals surface area contributed by atoms with Crippen molar-refractivity contribution >= 4 is 32.6 Å². The number of nitrogens with one attached hydrogen (secondary N) is 3. The van der Waals surface area contributed by atoms with Gasteiger partial charge in [-0.05, 0) is 44.2 Å². The molecule has 1 fully saturated rings. The van der Waals surface area contributed by atoms with E-state index in [0.29, 0.717) is 24.4 Å². The van der Waals surface area contributed by atoms with E-state index in [4.69, 9.17) is 4.74 Å². The van der Waals surface area contributed by atoms with Crippen LogP contribution in [0.4, 0.5) is 5.69 Å². The highest BCUT2D eigenvalue weighted by Gasteiger charge is 2.15. The van der Waals surface area contributed by atoms with Crippen LogP contribution in [-0.4, -0.2) is 69.4 Å². The van der Waals surface area contributed by atoms with Crippen molar-refractivity contribution in [3.05, 3.63) is 30.0 Å². The van der Waals surface area contributed by atoms with Crippen LogP contribution in [0.2, 0.25) is 0 Å². The first-order valence-corrected chi connectivity index (χ1v) is 10.9. The van der Waals surface area contributed by atoms with E-state index in [1.54, 1.807) is 31.2 Å². The number of rotatable bonds is 8.